The molecule has 1 amide bonds. The van der Waals surface area contributed by atoms with Gasteiger partial charge in [0.15, 0.2) is 6.61 Å². The van der Waals surface area contributed by atoms with E-state index in [2.05, 4.69) is 10.1 Å². The van der Waals surface area contributed by atoms with Crippen molar-refractivity contribution in [1.82, 2.24) is 0 Å². The van der Waals surface area contributed by atoms with Gasteiger partial charge in [0.1, 0.15) is 5.82 Å². The Balaban J connectivity index is 1.96. The second-order valence-corrected chi connectivity index (χ2v) is 7.43. The lowest BCUT2D eigenvalue weighted by Crippen LogP contribution is -2.21. The summed E-state index contributed by atoms with van der Waals surface area (Å²) < 4.78 is 65.6. The first kappa shape index (κ1) is 20.7. The molecule has 1 N–H and O–H groups in total. The van der Waals surface area contributed by atoms with E-state index in [-0.39, 0.29) is 10.7 Å². The number of amides is 1. The van der Waals surface area contributed by atoms with Gasteiger partial charge in [-0.25, -0.2) is 17.6 Å². The highest BCUT2D eigenvalue weighted by molar-refractivity contribution is 7.91. The molecule has 2 aromatic carbocycles. The van der Waals surface area contributed by atoms with Gasteiger partial charge in [-0.1, -0.05) is 11.6 Å². The molecule has 0 saturated carbocycles. The number of alkyl halides is 2. The zero-order chi connectivity index (χ0) is 20.2. The molecular weight excluding hydrogens is 411 g/mol. The molecule has 0 fully saturated rings. The number of carbonyl (C=O) groups is 2. The molecule has 0 aliphatic heterocycles. The van der Waals surface area contributed by atoms with Crippen LogP contribution in [0.3, 0.4) is 0 Å². The smallest absolute Gasteiger partial charge is 0.341 e. The molecule has 144 valence electrons. The Morgan fingerprint density at radius 1 is 1.11 bits per heavy atom. The normalized spacial score (nSPS) is 11.3. The Kier molecular flexibility index (Phi) is 6.45. The molecule has 27 heavy (non-hydrogen) atoms. The van der Waals surface area contributed by atoms with E-state index in [0.717, 1.165) is 36.4 Å². The molecule has 6 nitrogen and oxygen atoms in total. The first-order valence-corrected chi connectivity index (χ1v) is 9.08. The summed E-state index contributed by atoms with van der Waals surface area (Å²) in [5, 5.41) is 2.37. The third-order valence-corrected chi connectivity index (χ3v) is 4.82. The van der Waals surface area contributed by atoms with Crippen LogP contribution in [0, 0.1) is 5.82 Å². The number of ether oxygens (including phenoxy) is 1. The molecule has 0 aromatic heterocycles. The van der Waals surface area contributed by atoms with Crippen molar-refractivity contribution in [2.45, 2.75) is 10.7 Å². The van der Waals surface area contributed by atoms with Crippen LogP contribution < -0.4 is 5.32 Å². The molecule has 0 bridgehead atoms. The van der Waals surface area contributed by atoms with Crippen LogP contribution in [-0.4, -0.2) is 32.7 Å². The van der Waals surface area contributed by atoms with Gasteiger partial charge in [-0.05, 0) is 42.5 Å². The van der Waals surface area contributed by atoms with Crippen molar-refractivity contribution in [1.29, 1.82) is 0 Å². The summed E-state index contributed by atoms with van der Waals surface area (Å²) in [5.74, 6) is -6.36. The molecule has 2 aromatic rings. The minimum atomic E-state index is -4.74. The van der Waals surface area contributed by atoms with Crippen LogP contribution in [0.5, 0.6) is 0 Å². The SMILES string of the molecule is O=C(COC(=O)c1cc(Cl)ccc1F)Nc1ccc(S(=O)(=O)C(F)F)cc1. The molecule has 0 radical (unpaired) electrons. The zero-order valence-electron chi connectivity index (χ0n) is 13.3. The summed E-state index contributed by atoms with van der Waals surface area (Å²) in [6.07, 6.45) is 0. The number of esters is 1. The van der Waals surface area contributed by atoms with Gasteiger partial charge in [-0.15, -0.1) is 0 Å². The monoisotopic (exact) mass is 421 g/mol. The van der Waals surface area contributed by atoms with Crippen molar-refractivity contribution in [3.8, 4) is 0 Å². The molecule has 11 heteroatoms. The fourth-order valence-corrected chi connectivity index (χ4v) is 2.78. The summed E-state index contributed by atoms with van der Waals surface area (Å²) in [5.41, 5.74) is -0.366. The molecule has 0 aliphatic carbocycles. The number of sulfone groups is 1. The Hall–Kier alpha value is -2.59. The minimum Gasteiger partial charge on any atom is -0.452 e. The standard InChI is InChI=1S/C16H11ClF3NO5S/c17-9-1-6-13(18)12(7-9)15(23)26-8-14(22)21-10-2-4-11(5-3-10)27(24,25)16(19)20/h1-7,16H,8H2,(H,21,22). The van der Waals surface area contributed by atoms with E-state index >= 15 is 0 Å². The topological polar surface area (TPSA) is 89.5 Å². The lowest BCUT2D eigenvalue weighted by molar-refractivity contribution is -0.119. The van der Waals surface area contributed by atoms with Gasteiger partial charge in [0.05, 0.1) is 10.5 Å². The second kappa shape index (κ2) is 8.40. The van der Waals surface area contributed by atoms with E-state index in [0.29, 0.717) is 0 Å². The van der Waals surface area contributed by atoms with Gasteiger partial charge in [-0.3, -0.25) is 4.79 Å². The maximum atomic E-state index is 13.5. The number of benzene rings is 2. The number of hydrogen-bond donors (Lipinski definition) is 1. The van der Waals surface area contributed by atoms with Crippen molar-refractivity contribution >= 4 is 39.0 Å². The van der Waals surface area contributed by atoms with Gasteiger partial charge in [0, 0.05) is 10.7 Å². The lowest BCUT2D eigenvalue weighted by Gasteiger charge is -2.08. The quantitative estimate of drug-likeness (QED) is 0.723. The highest BCUT2D eigenvalue weighted by Gasteiger charge is 2.26. The van der Waals surface area contributed by atoms with Gasteiger partial charge < -0.3 is 10.1 Å². The summed E-state index contributed by atoms with van der Waals surface area (Å²) in [7, 11) is -4.74. The van der Waals surface area contributed by atoms with E-state index in [1.165, 1.54) is 6.07 Å². The zero-order valence-corrected chi connectivity index (χ0v) is 14.9. The Labute approximate surface area is 156 Å². The van der Waals surface area contributed by atoms with Crippen LogP contribution >= 0.6 is 11.6 Å². The Morgan fingerprint density at radius 3 is 2.33 bits per heavy atom. The number of hydrogen-bond acceptors (Lipinski definition) is 5. The van der Waals surface area contributed by atoms with E-state index < -0.39 is 50.4 Å². The highest BCUT2D eigenvalue weighted by Crippen LogP contribution is 2.20. The van der Waals surface area contributed by atoms with Gasteiger partial charge >= 0.3 is 11.7 Å². The number of carbonyl (C=O) groups excluding carboxylic acids is 2. The molecule has 2 rings (SSSR count). The fraction of sp³-hybridized carbons (Fsp3) is 0.125. The van der Waals surface area contributed by atoms with Gasteiger partial charge in [0.25, 0.3) is 5.91 Å². The van der Waals surface area contributed by atoms with Crippen LogP contribution in [0.25, 0.3) is 0 Å². The number of nitrogens with one attached hydrogen (secondary N) is 1. The van der Waals surface area contributed by atoms with Crippen LogP contribution in [0.15, 0.2) is 47.4 Å². The fourth-order valence-electron chi connectivity index (χ4n) is 1.89. The van der Waals surface area contributed by atoms with Crippen molar-refractivity contribution in [2.24, 2.45) is 0 Å². The molecule has 0 aliphatic rings. The lowest BCUT2D eigenvalue weighted by atomic mass is 10.2. The number of anilines is 1. The Bertz CT molecular complexity index is 965. The summed E-state index contributed by atoms with van der Waals surface area (Å²) in [6.45, 7) is -0.762. The Morgan fingerprint density at radius 2 is 1.74 bits per heavy atom. The van der Waals surface area contributed by atoms with Crippen molar-refractivity contribution < 1.29 is 35.9 Å². The van der Waals surface area contributed by atoms with Gasteiger partial charge in [0.2, 0.25) is 9.84 Å². The van der Waals surface area contributed by atoms with E-state index in [4.69, 9.17) is 11.6 Å². The molecule has 0 heterocycles. The first-order chi connectivity index (χ1) is 12.6. The third-order valence-electron chi connectivity index (χ3n) is 3.18. The number of rotatable bonds is 6. The van der Waals surface area contributed by atoms with Crippen LogP contribution in [0.2, 0.25) is 5.02 Å². The molecular formula is C16H11ClF3NO5S. The third kappa shape index (κ3) is 5.20. The van der Waals surface area contributed by atoms with Gasteiger partial charge in [-0.2, -0.15) is 8.78 Å². The number of halogens is 4. The maximum Gasteiger partial charge on any atom is 0.341 e. The average Bonchev–Trinajstić information content (AvgIpc) is 2.62. The first-order valence-electron chi connectivity index (χ1n) is 7.15. The molecule has 0 unspecified atom stereocenters. The molecule has 0 saturated heterocycles. The van der Waals surface area contributed by atoms with E-state index in [1.807, 2.05) is 0 Å². The van der Waals surface area contributed by atoms with Crippen LogP contribution in [0.1, 0.15) is 10.4 Å². The maximum absolute atomic E-state index is 13.5. The van der Waals surface area contributed by atoms with E-state index in [1.54, 1.807) is 0 Å². The average molecular weight is 422 g/mol. The van der Waals surface area contributed by atoms with Crippen LogP contribution in [0.4, 0.5) is 18.9 Å². The largest absolute Gasteiger partial charge is 0.452 e. The second-order valence-electron chi connectivity index (χ2n) is 5.08. The highest BCUT2D eigenvalue weighted by atomic mass is 35.5. The minimum absolute atomic E-state index is 0.0817. The predicted molar refractivity (Wildman–Crippen MR) is 90.0 cm³/mol. The van der Waals surface area contributed by atoms with Crippen LogP contribution in [-0.2, 0) is 19.4 Å². The van der Waals surface area contributed by atoms with E-state index in [9.17, 15) is 31.2 Å². The molecule has 0 atom stereocenters. The molecule has 0 spiro atoms. The summed E-state index contributed by atoms with van der Waals surface area (Å²) >= 11 is 5.65. The van der Waals surface area contributed by atoms with Crippen molar-refractivity contribution in [3.63, 3.8) is 0 Å². The predicted octanol–water partition coefficient (Wildman–Crippen LogP) is 3.27. The van der Waals surface area contributed by atoms with Crippen molar-refractivity contribution in [3.05, 3.63) is 58.9 Å². The summed E-state index contributed by atoms with van der Waals surface area (Å²) in [6, 6.07) is 7.21. The summed E-state index contributed by atoms with van der Waals surface area (Å²) in [4.78, 5) is 22.9. The van der Waals surface area contributed by atoms with Crippen molar-refractivity contribution in [2.75, 3.05) is 11.9 Å².